The van der Waals surface area contributed by atoms with Crippen LogP contribution in [0.3, 0.4) is 0 Å². The fourth-order valence-corrected chi connectivity index (χ4v) is 4.40. The Balaban J connectivity index is 2.49. The molecule has 3 atom stereocenters. The third kappa shape index (κ3) is 1.65. The number of aldehydes is 1. The molecule has 0 N–H and O–H groups in total. The zero-order valence-corrected chi connectivity index (χ0v) is 10.7. The van der Waals surface area contributed by atoms with Crippen molar-refractivity contribution in [1.29, 1.82) is 5.26 Å². The van der Waals surface area contributed by atoms with Crippen LogP contribution < -0.4 is 0 Å². The van der Waals surface area contributed by atoms with Gasteiger partial charge in [0.15, 0.2) is 9.84 Å². The van der Waals surface area contributed by atoms with E-state index in [0.717, 1.165) is 5.56 Å². The van der Waals surface area contributed by atoms with Crippen LogP contribution >= 0.6 is 0 Å². The van der Waals surface area contributed by atoms with E-state index in [2.05, 4.69) is 0 Å². The van der Waals surface area contributed by atoms with Gasteiger partial charge in [-0.2, -0.15) is 5.26 Å². The van der Waals surface area contributed by atoms with Crippen molar-refractivity contribution in [3.63, 3.8) is 0 Å². The van der Waals surface area contributed by atoms with Crippen LogP contribution in [0.2, 0.25) is 0 Å². The number of benzene rings is 1. The quantitative estimate of drug-likeness (QED) is 0.767. The molecule has 94 valence electrons. The molecule has 5 heteroatoms. The first-order valence-corrected chi connectivity index (χ1v) is 7.39. The zero-order chi connectivity index (χ0) is 13.4. The van der Waals surface area contributed by atoms with E-state index in [1.165, 1.54) is 6.92 Å². The van der Waals surface area contributed by atoms with Gasteiger partial charge in [-0.1, -0.05) is 37.3 Å². The molecule has 0 heterocycles. The van der Waals surface area contributed by atoms with Crippen LogP contribution in [0.25, 0.3) is 0 Å². The average Bonchev–Trinajstić information content (AvgIpc) is 3.10. The number of hydrogen-bond donors (Lipinski definition) is 0. The number of sulfone groups is 1. The molecule has 1 aliphatic carbocycles. The number of carbonyl (C=O) groups is 1. The summed E-state index contributed by atoms with van der Waals surface area (Å²) >= 11 is 0. The minimum absolute atomic E-state index is 0.0573. The van der Waals surface area contributed by atoms with Gasteiger partial charge in [-0.25, -0.2) is 8.42 Å². The lowest BCUT2D eigenvalue weighted by molar-refractivity contribution is -0.110. The maximum absolute atomic E-state index is 12.0. The molecule has 0 aromatic heterocycles. The maximum atomic E-state index is 12.0. The number of carbonyl (C=O) groups excluding carboxylic acids is 1. The van der Waals surface area contributed by atoms with Crippen molar-refractivity contribution in [1.82, 2.24) is 0 Å². The molecule has 1 aliphatic rings. The van der Waals surface area contributed by atoms with Gasteiger partial charge in [0.1, 0.15) is 11.7 Å². The van der Waals surface area contributed by atoms with Gasteiger partial charge in [0.2, 0.25) is 0 Å². The summed E-state index contributed by atoms with van der Waals surface area (Å²) in [6, 6.07) is 10.8. The maximum Gasteiger partial charge on any atom is 0.155 e. The highest BCUT2D eigenvalue weighted by Crippen LogP contribution is 2.61. The second-order valence-electron chi connectivity index (χ2n) is 4.42. The summed E-state index contributed by atoms with van der Waals surface area (Å²) in [6.07, 6.45) is 0.489. The molecule has 0 radical (unpaired) electrons. The molecule has 0 unspecified atom stereocenters. The predicted octanol–water partition coefficient (Wildman–Crippen LogP) is 1.30. The molecule has 0 bridgehead atoms. The van der Waals surface area contributed by atoms with Crippen LogP contribution in [0.4, 0.5) is 0 Å². The zero-order valence-electron chi connectivity index (χ0n) is 9.91. The molecule has 0 saturated heterocycles. The average molecular weight is 263 g/mol. The number of nitriles is 1. The fraction of sp³-hybridized carbons (Fsp3) is 0.385. The molecule has 4 nitrogen and oxygen atoms in total. The Hall–Kier alpha value is -1.67. The topological polar surface area (TPSA) is 75.0 Å². The number of rotatable bonds is 4. The minimum atomic E-state index is -3.41. The van der Waals surface area contributed by atoms with Crippen molar-refractivity contribution in [2.75, 3.05) is 5.75 Å². The van der Waals surface area contributed by atoms with Crippen LogP contribution in [0, 0.1) is 16.7 Å². The summed E-state index contributed by atoms with van der Waals surface area (Å²) in [6.45, 7) is 1.53. The molecule has 0 aliphatic heterocycles. The van der Waals surface area contributed by atoms with Crippen molar-refractivity contribution >= 4 is 16.1 Å². The summed E-state index contributed by atoms with van der Waals surface area (Å²) in [5.74, 6) is -0.593. The SMILES string of the molecule is CCS(=O)(=O)[C@H]1[C@@H](c2ccccc2)[C@@]1(C#N)C=O. The summed E-state index contributed by atoms with van der Waals surface area (Å²) in [7, 11) is -3.41. The van der Waals surface area contributed by atoms with Gasteiger partial charge >= 0.3 is 0 Å². The molecule has 2 rings (SSSR count). The summed E-state index contributed by atoms with van der Waals surface area (Å²) < 4.78 is 23.9. The first-order valence-electron chi connectivity index (χ1n) is 5.67. The molecule has 18 heavy (non-hydrogen) atoms. The first kappa shape index (κ1) is 12.8. The van der Waals surface area contributed by atoms with E-state index in [-0.39, 0.29) is 5.75 Å². The Labute approximate surface area is 106 Å². The largest absolute Gasteiger partial charge is 0.302 e. The van der Waals surface area contributed by atoms with E-state index in [4.69, 9.17) is 0 Å². The van der Waals surface area contributed by atoms with Gasteiger partial charge in [-0.3, -0.25) is 0 Å². The Bertz CT molecular complexity index is 603. The lowest BCUT2D eigenvalue weighted by Crippen LogP contribution is -2.17. The standard InChI is InChI=1S/C13H13NO3S/c1-2-18(16,17)12-11(13(12,8-14)9-15)10-6-4-3-5-7-10/h3-7,9,11-12H,2H2,1H3/t11-,12+,13-/m1/s1. The third-order valence-electron chi connectivity index (χ3n) is 3.52. The van der Waals surface area contributed by atoms with E-state index < -0.39 is 26.4 Å². The molecular weight excluding hydrogens is 250 g/mol. The van der Waals surface area contributed by atoms with Crippen LogP contribution in [0.15, 0.2) is 30.3 Å². The Kier molecular flexibility index (Phi) is 2.99. The molecule has 1 aromatic rings. The number of nitrogens with zero attached hydrogens (tertiary/aromatic N) is 1. The van der Waals surface area contributed by atoms with Crippen LogP contribution in [-0.2, 0) is 14.6 Å². The van der Waals surface area contributed by atoms with Crippen LogP contribution in [-0.4, -0.2) is 25.7 Å². The van der Waals surface area contributed by atoms with Gasteiger partial charge in [0.05, 0.1) is 11.3 Å². The molecule has 1 saturated carbocycles. The van der Waals surface area contributed by atoms with Gasteiger partial charge < -0.3 is 4.79 Å². The third-order valence-corrected chi connectivity index (χ3v) is 5.76. The normalized spacial score (nSPS) is 30.4. The Morgan fingerprint density at radius 3 is 2.44 bits per heavy atom. The van der Waals surface area contributed by atoms with Gasteiger partial charge in [0, 0.05) is 11.7 Å². The highest BCUT2D eigenvalue weighted by atomic mass is 32.2. The molecule has 1 fully saturated rings. The predicted molar refractivity (Wildman–Crippen MR) is 66.5 cm³/mol. The number of hydrogen-bond acceptors (Lipinski definition) is 4. The highest BCUT2D eigenvalue weighted by molar-refractivity contribution is 7.92. The van der Waals surface area contributed by atoms with E-state index in [9.17, 15) is 18.5 Å². The lowest BCUT2D eigenvalue weighted by Gasteiger charge is -1.99. The van der Waals surface area contributed by atoms with E-state index in [1.54, 1.807) is 24.3 Å². The first-order chi connectivity index (χ1) is 8.53. The van der Waals surface area contributed by atoms with Crippen LogP contribution in [0.5, 0.6) is 0 Å². The molecule has 0 spiro atoms. The van der Waals surface area contributed by atoms with Gasteiger partial charge in [-0.15, -0.1) is 0 Å². The lowest BCUT2D eigenvalue weighted by atomic mass is 10.0. The van der Waals surface area contributed by atoms with Crippen molar-refractivity contribution in [3.8, 4) is 6.07 Å². The monoisotopic (exact) mass is 263 g/mol. The molecule has 0 amide bonds. The second-order valence-corrected chi connectivity index (χ2v) is 6.83. The smallest absolute Gasteiger partial charge is 0.155 e. The van der Waals surface area contributed by atoms with Crippen molar-refractivity contribution in [3.05, 3.63) is 35.9 Å². The van der Waals surface area contributed by atoms with Crippen LogP contribution in [0.1, 0.15) is 18.4 Å². The molecular formula is C13H13NO3S. The summed E-state index contributed by atoms with van der Waals surface area (Å²) in [4.78, 5) is 11.2. The fourth-order valence-electron chi connectivity index (χ4n) is 2.47. The van der Waals surface area contributed by atoms with Gasteiger partial charge in [-0.05, 0) is 5.56 Å². The second kappa shape index (κ2) is 4.21. The van der Waals surface area contributed by atoms with E-state index in [1.807, 2.05) is 12.1 Å². The van der Waals surface area contributed by atoms with Crippen molar-refractivity contribution < 1.29 is 13.2 Å². The minimum Gasteiger partial charge on any atom is -0.302 e. The van der Waals surface area contributed by atoms with E-state index >= 15 is 0 Å². The van der Waals surface area contributed by atoms with Crippen molar-refractivity contribution in [2.24, 2.45) is 5.41 Å². The van der Waals surface area contributed by atoms with E-state index in [0.29, 0.717) is 6.29 Å². The summed E-state index contributed by atoms with van der Waals surface area (Å²) in [5, 5.41) is 8.27. The molecule has 1 aromatic carbocycles. The summed E-state index contributed by atoms with van der Waals surface area (Å²) in [5.41, 5.74) is -0.677. The Morgan fingerprint density at radius 1 is 1.39 bits per heavy atom. The highest BCUT2D eigenvalue weighted by Gasteiger charge is 2.72. The van der Waals surface area contributed by atoms with Gasteiger partial charge in [0.25, 0.3) is 0 Å². The van der Waals surface area contributed by atoms with Crippen molar-refractivity contribution in [2.45, 2.75) is 18.1 Å². The Morgan fingerprint density at radius 2 is 2.00 bits per heavy atom.